The average Bonchev–Trinajstić information content (AvgIpc) is 2.94. The maximum atomic E-state index is 13.4. The summed E-state index contributed by atoms with van der Waals surface area (Å²) in [6, 6.07) is 12.6. The van der Waals surface area contributed by atoms with E-state index in [1.54, 1.807) is 30.3 Å². The van der Waals surface area contributed by atoms with E-state index in [9.17, 15) is 18.8 Å². The summed E-state index contributed by atoms with van der Waals surface area (Å²) in [5.74, 6) is -1.28. The second-order valence-electron chi connectivity index (χ2n) is 5.84. The highest BCUT2D eigenvalue weighted by molar-refractivity contribution is 6.01. The summed E-state index contributed by atoms with van der Waals surface area (Å²) >= 11 is 0. The summed E-state index contributed by atoms with van der Waals surface area (Å²) in [5, 5.41) is 2.64. The molecule has 134 valence electrons. The number of ether oxygens (including phenoxy) is 1. The number of hydrogen-bond acceptors (Lipinski definition) is 4. The monoisotopic (exact) mass is 356 g/mol. The summed E-state index contributed by atoms with van der Waals surface area (Å²) in [7, 11) is 0. The molecule has 2 aromatic rings. The minimum absolute atomic E-state index is 0.0120. The molecule has 1 N–H and O–H groups in total. The number of benzene rings is 2. The van der Waals surface area contributed by atoms with Crippen LogP contribution in [0.15, 0.2) is 48.5 Å². The van der Waals surface area contributed by atoms with Gasteiger partial charge in [-0.15, -0.1) is 0 Å². The van der Waals surface area contributed by atoms with Crippen LogP contribution in [0.3, 0.4) is 0 Å². The maximum absolute atomic E-state index is 13.4. The van der Waals surface area contributed by atoms with E-state index in [1.165, 1.54) is 23.1 Å². The molecule has 0 aromatic heterocycles. The fourth-order valence-electron chi connectivity index (χ4n) is 2.58. The molecule has 1 heterocycles. The van der Waals surface area contributed by atoms with E-state index in [2.05, 4.69) is 5.32 Å². The summed E-state index contributed by atoms with van der Waals surface area (Å²) in [5.41, 5.74) is 1.32. The van der Waals surface area contributed by atoms with Crippen molar-refractivity contribution >= 4 is 23.4 Å². The lowest BCUT2D eigenvalue weighted by atomic mass is 10.2. The van der Waals surface area contributed by atoms with Gasteiger partial charge in [-0.3, -0.25) is 19.3 Å². The highest BCUT2D eigenvalue weighted by Crippen LogP contribution is 2.18. The summed E-state index contributed by atoms with van der Waals surface area (Å²) in [4.78, 5) is 36.4. The van der Waals surface area contributed by atoms with Crippen LogP contribution in [0.5, 0.6) is 5.75 Å². The fraction of sp³-hybridized carbons (Fsp3) is 0.211. The maximum Gasteiger partial charge on any atom is 0.262 e. The van der Waals surface area contributed by atoms with Crippen LogP contribution >= 0.6 is 0 Å². The van der Waals surface area contributed by atoms with Gasteiger partial charge in [0.15, 0.2) is 18.2 Å². The molecule has 0 spiro atoms. The van der Waals surface area contributed by atoms with Crippen molar-refractivity contribution in [2.75, 3.05) is 11.9 Å². The quantitative estimate of drug-likeness (QED) is 0.807. The SMILES string of the molecule is O=C(COc1ccccc1F)Nc1ccc(CN2C(=O)CCC2=O)cc1. The molecule has 0 atom stereocenters. The number of carbonyl (C=O) groups excluding carboxylic acids is 3. The molecular weight excluding hydrogens is 339 g/mol. The lowest BCUT2D eigenvalue weighted by molar-refractivity contribution is -0.139. The number of likely N-dealkylation sites (tertiary alicyclic amines) is 1. The summed E-state index contributed by atoms with van der Waals surface area (Å²) in [6.45, 7) is -0.0955. The van der Waals surface area contributed by atoms with Crippen LogP contribution < -0.4 is 10.1 Å². The number of imide groups is 1. The van der Waals surface area contributed by atoms with Crippen LogP contribution in [0.25, 0.3) is 0 Å². The van der Waals surface area contributed by atoms with E-state index >= 15 is 0 Å². The first-order chi connectivity index (χ1) is 12.5. The van der Waals surface area contributed by atoms with Crippen molar-refractivity contribution in [3.8, 4) is 5.75 Å². The molecule has 1 fully saturated rings. The van der Waals surface area contributed by atoms with Crippen LogP contribution in [-0.2, 0) is 20.9 Å². The Morgan fingerprint density at radius 1 is 1.04 bits per heavy atom. The van der Waals surface area contributed by atoms with Crippen LogP contribution in [0.2, 0.25) is 0 Å². The Bertz CT molecular complexity index is 820. The molecule has 0 bridgehead atoms. The number of carbonyl (C=O) groups is 3. The molecule has 3 amide bonds. The Morgan fingerprint density at radius 3 is 2.35 bits per heavy atom. The van der Waals surface area contributed by atoms with Crippen molar-refractivity contribution in [1.29, 1.82) is 0 Å². The molecular formula is C19H17FN2O4. The predicted molar refractivity (Wildman–Crippen MR) is 91.8 cm³/mol. The topological polar surface area (TPSA) is 75.7 Å². The molecule has 3 rings (SSSR count). The third kappa shape index (κ3) is 4.24. The molecule has 6 nitrogen and oxygen atoms in total. The number of hydrogen-bond donors (Lipinski definition) is 1. The molecule has 1 saturated heterocycles. The van der Waals surface area contributed by atoms with Crippen molar-refractivity contribution < 1.29 is 23.5 Å². The van der Waals surface area contributed by atoms with Gasteiger partial charge >= 0.3 is 0 Å². The number of para-hydroxylation sites is 1. The minimum atomic E-state index is -0.532. The van der Waals surface area contributed by atoms with E-state index in [-0.39, 0.29) is 43.6 Å². The van der Waals surface area contributed by atoms with Crippen LogP contribution in [0, 0.1) is 5.82 Å². The third-order valence-corrected chi connectivity index (χ3v) is 3.93. The molecule has 1 aliphatic heterocycles. The van der Waals surface area contributed by atoms with Gasteiger partial charge in [-0.05, 0) is 29.8 Å². The van der Waals surface area contributed by atoms with E-state index in [1.807, 2.05) is 0 Å². The number of anilines is 1. The first-order valence-corrected chi connectivity index (χ1v) is 8.12. The Labute approximate surface area is 149 Å². The molecule has 2 aromatic carbocycles. The summed E-state index contributed by atoms with van der Waals surface area (Å²) < 4.78 is 18.6. The van der Waals surface area contributed by atoms with Gasteiger partial charge < -0.3 is 10.1 Å². The van der Waals surface area contributed by atoms with E-state index in [0.29, 0.717) is 5.69 Å². The molecule has 26 heavy (non-hydrogen) atoms. The van der Waals surface area contributed by atoms with Gasteiger partial charge in [0.2, 0.25) is 11.8 Å². The Kier molecular flexibility index (Phi) is 5.26. The van der Waals surface area contributed by atoms with E-state index in [4.69, 9.17) is 4.74 Å². The number of amides is 3. The summed E-state index contributed by atoms with van der Waals surface area (Å²) in [6.07, 6.45) is 0.518. The van der Waals surface area contributed by atoms with Gasteiger partial charge in [0.25, 0.3) is 5.91 Å². The Morgan fingerprint density at radius 2 is 1.69 bits per heavy atom. The first-order valence-electron chi connectivity index (χ1n) is 8.12. The fourth-order valence-corrected chi connectivity index (χ4v) is 2.58. The molecule has 0 radical (unpaired) electrons. The zero-order valence-corrected chi connectivity index (χ0v) is 13.9. The lowest BCUT2D eigenvalue weighted by Crippen LogP contribution is -2.28. The van der Waals surface area contributed by atoms with Gasteiger partial charge in [-0.25, -0.2) is 4.39 Å². The lowest BCUT2D eigenvalue weighted by Gasteiger charge is -2.14. The smallest absolute Gasteiger partial charge is 0.262 e. The van der Waals surface area contributed by atoms with Crippen molar-refractivity contribution in [3.63, 3.8) is 0 Å². The second-order valence-corrected chi connectivity index (χ2v) is 5.84. The zero-order chi connectivity index (χ0) is 18.5. The molecule has 0 aliphatic carbocycles. The molecule has 7 heteroatoms. The first kappa shape index (κ1) is 17.6. The van der Waals surface area contributed by atoms with Gasteiger partial charge in [-0.1, -0.05) is 24.3 Å². The average molecular weight is 356 g/mol. The van der Waals surface area contributed by atoms with Gasteiger partial charge in [0.1, 0.15) is 0 Å². The number of rotatable bonds is 6. The van der Waals surface area contributed by atoms with Gasteiger partial charge in [0.05, 0.1) is 6.54 Å². The van der Waals surface area contributed by atoms with Gasteiger partial charge in [-0.2, -0.15) is 0 Å². The predicted octanol–water partition coefficient (Wildman–Crippen LogP) is 2.49. The van der Waals surface area contributed by atoms with E-state index < -0.39 is 11.7 Å². The van der Waals surface area contributed by atoms with Crippen LogP contribution in [0.1, 0.15) is 18.4 Å². The second kappa shape index (κ2) is 7.77. The van der Waals surface area contributed by atoms with Crippen molar-refractivity contribution in [3.05, 3.63) is 59.9 Å². The largest absolute Gasteiger partial charge is 0.481 e. The van der Waals surface area contributed by atoms with Crippen LogP contribution in [-0.4, -0.2) is 29.2 Å². The van der Waals surface area contributed by atoms with Gasteiger partial charge in [0, 0.05) is 18.5 Å². The highest BCUT2D eigenvalue weighted by atomic mass is 19.1. The van der Waals surface area contributed by atoms with Crippen molar-refractivity contribution in [2.45, 2.75) is 19.4 Å². The standard InChI is InChI=1S/C19H17FN2O4/c20-15-3-1-2-4-16(15)26-12-17(23)21-14-7-5-13(6-8-14)11-22-18(24)9-10-19(22)25/h1-8H,9-12H2,(H,21,23). The zero-order valence-electron chi connectivity index (χ0n) is 13.9. The molecule has 1 aliphatic rings. The number of nitrogens with one attached hydrogen (secondary N) is 1. The van der Waals surface area contributed by atoms with Crippen molar-refractivity contribution in [2.24, 2.45) is 0 Å². The van der Waals surface area contributed by atoms with Crippen LogP contribution in [0.4, 0.5) is 10.1 Å². The van der Waals surface area contributed by atoms with Crippen molar-refractivity contribution in [1.82, 2.24) is 4.90 Å². The number of halogens is 1. The van der Waals surface area contributed by atoms with E-state index in [0.717, 1.165) is 5.56 Å². The normalized spacial score (nSPS) is 13.8. The Hall–Kier alpha value is -3.22. The molecule has 0 saturated carbocycles. The third-order valence-electron chi connectivity index (χ3n) is 3.93. The number of nitrogens with zero attached hydrogens (tertiary/aromatic N) is 1. The Balaban J connectivity index is 1.52. The highest BCUT2D eigenvalue weighted by Gasteiger charge is 2.28. The molecule has 0 unspecified atom stereocenters. The minimum Gasteiger partial charge on any atom is -0.481 e.